The highest BCUT2D eigenvalue weighted by molar-refractivity contribution is 6.03. The molecule has 1 fully saturated rings. The van der Waals surface area contributed by atoms with Crippen LogP contribution in [0.2, 0.25) is 0 Å². The van der Waals surface area contributed by atoms with Crippen molar-refractivity contribution in [3.8, 4) is 11.5 Å². The van der Waals surface area contributed by atoms with Crippen LogP contribution in [0.25, 0.3) is 0 Å². The summed E-state index contributed by atoms with van der Waals surface area (Å²) >= 11 is 0. The van der Waals surface area contributed by atoms with Gasteiger partial charge in [-0.25, -0.2) is 9.59 Å². The normalized spacial score (nSPS) is 23.7. The molecule has 0 spiro atoms. The van der Waals surface area contributed by atoms with E-state index in [0.29, 0.717) is 36.6 Å². The Kier molecular flexibility index (Phi) is 17.4. The van der Waals surface area contributed by atoms with Crippen molar-refractivity contribution < 1.29 is 53.4 Å². The topological polar surface area (TPSA) is 178 Å². The van der Waals surface area contributed by atoms with Crippen LogP contribution in [0.4, 0.5) is 9.59 Å². The summed E-state index contributed by atoms with van der Waals surface area (Å²) < 4.78 is 31.5. The number of rotatable bonds is 22. The minimum atomic E-state index is -1.51. The van der Waals surface area contributed by atoms with Crippen molar-refractivity contribution in [1.82, 2.24) is 10.2 Å². The van der Waals surface area contributed by atoms with E-state index in [0.717, 1.165) is 42.4 Å². The molecule has 60 heavy (non-hydrogen) atoms. The van der Waals surface area contributed by atoms with E-state index in [1.54, 1.807) is 30.0 Å². The van der Waals surface area contributed by atoms with Crippen molar-refractivity contribution in [2.24, 2.45) is 22.9 Å². The van der Waals surface area contributed by atoms with E-state index in [9.17, 15) is 24.9 Å². The first-order valence-corrected chi connectivity index (χ1v) is 21.4. The third kappa shape index (κ3) is 11.7. The zero-order valence-electron chi connectivity index (χ0n) is 35.7. The number of ether oxygens (including phenoxy) is 5. The second-order valence-corrected chi connectivity index (χ2v) is 16.4. The van der Waals surface area contributed by atoms with E-state index in [-0.39, 0.29) is 77.0 Å². The highest BCUT2D eigenvalue weighted by atomic mass is 16.7. The van der Waals surface area contributed by atoms with Gasteiger partial charge in [0.2, 0.25) is 5.79 Å². The van der Waals surface area contributed by atoms with Gasteiger partial charge in [-0.15, -0.1) is 6.58 Å². The van der Waals surface area contributed by atoms with E-state index in [1.807, 2.05) is 57.2 Å². The van der Waals surface area contributed by atoms with Crippen LogP contribution in [-0.4, -0.2) is 108 Å². The fraction of sp³-hybridized carbons (Fsp3) is 0.587. The maximum Gasteiger partial charge on any atom is 0.412 e. The number of unbranched alkanes of at least 4 members (excludes halogenated alkanes) is 2. The molecule has 2 amide bonds. The van der Waals surface area contributed by atoms with Gasteiger partial charge in [0.1, 0.15) is 23.1 Å². The van der Waals surface area contributed by atoms with Crippen LogP contribution in [0.15, 0.2) is 78.0 Å². The molecule has 4 N–H and O–H groups in total. The molecule has 2 aliphatic carbocycles. The van der Waals surface area contributed by atoms with Crippen molar-refractivity contribution in [3.63, 3.8) is 0 Å². The molecule has 0 bridgehead atoms. The summed E-state index contributed by atoms with van der Waals surface area (Å²) in [4.78, 5) is 35.1. The molecule has 6 unspecified atom stereocenters. The van der Waals surface area contributed by atoms with Crippen LogP contribution < -0.4 is 14.8 Å². The van der Waals surface area contributed by atoms with Gasteiger partial charge < -0.3 is 49.2 Å². The van der Waals surface area contributed by atoms with Crippen molar-refractivity contribution in [2.75, 3.05) is 52.8 Å². The summed E-state index contributed by atoms with van der Waals surface area (Å²) in [6.45, 7) is 12.2. The number of nitrogens with zero attached hydrogens (tertiary/aromatic N) is 2. The smallest absolute Gasteiger partial charge is 0.412 e. The molecule has 14 heteroatoms. The maximum absolute atomic E-state index is 14.1. The van der Waals surface area contributed by atoms with Gasteiger partial charge >= 0.3 is 12.2 Å². The third-order valence-corrected chi connectivity index (χ3v) is 11.2. The first-order chi connectivity index (χ1) is 29.0. The number of benzene rings is 2. The molecule has 2 aromatic rings. The largest absolute Gasteiger partial charge is 0.459 e. The number of aliphatic hydroxyl groups excluding tert-OH is 3. The molecule has 1 saturated carbocycles. The quantitative estimate of drug-likeness (QED) is 0.0553. The molecular formula is C46H65N3O11. The highest BCUT2D eigenvalue weighted by Crippen LogP contribution is 2.62. The molecule has 1 heterocycles. The number of nitrogens with one attached hydrogen (secondary N) is 1. The van der Waals surface area contributed by atoms with Crippen LogP contribution in [-0.2, 0) is 25.6 Å². The van der Waals surface area contributed by atoms with E-state index in [1.165, 1.54) is 0 Å². The fourth-order valence-electron chi connectivity index (χ4n) is 8.73. The summed E-state index contributed by atoms with van der Waals surface area (Å²) in [6.07, 6.45) is 7.19. The molecule has 2 aromatic carbocycles. The first-order valence-electron chi connectivity index (χ1n) is 21.4. The molecule has 3 aliphatic rings. The maximum atomic E-state index is 14.1. The van der Waals surface area contributed by atoms with E-state index in [2.05, 4.69) is 18.0 Å². The molecule has 5 rings (SSSR count). The van der Waals surface area contributed by atoms with Gasteiger partial charge in [0.05, 0.1) is 44.7 Å². The minimum Gasteiger partial charge on any atom is -0.459 e. The summed E-state index contributed by atoms with van der Waals surface area (Å²) in [7, 11) is 0. The van der Waals surface area contributed by atoms with Crippen LogP contribution in [0.1, 0.15) is 89.7 Å². The second-order valence-electron chi connectivity index (χ2n) is 16.4. The Labute approximate surface area is 354 Å². The predicted octanol–water partition coefficient (Wildman–Crippen LogP) is 6.87. The molecule has 1 aliphatic heterocycles. The molecular weight excluding hydrogens is 771 g/mol. The van der Waals surface area contributed by atoms with Crippen molar-refractivity contribution >= 4 is 17.9 Å². The lowest BCUT2D eigenvalue weighted by Crippen LogP contribution is -2.70. The molecule has 0 saturated heterocycles. The van der Waals surface area contributed by atoms with Gasteiger partial charge in [0.25, 0.3) is 0 Å². The Bertz CT molecular complexity index is 1760. The summed E-state index contributed by atoms with van der Waals surface area (Å²) in [5.41, 5.74) is 2.60. The van der Waals surface area contributed by atoms with Gasteiger partial charge in [0.15, 0.2) is 0 Å². The average molecular weight is 836 g/mol. The zero-order valence-corrected chi connectivity index (χ0v) is 35.7. The Morgan fingerprint density at radius 1 is 1.02 bits per heavy atom. The van der Waals surface area contributed by atoms with Gasteiger partial charge in [-0.2, -0.15) is 0 Å². The summed E-state index contributed by atoms with van der Waals surface area (Å²) in [6, 6.07) is 14.1. The number of oxime groups is 1. The number of amides is 2. The number of carbonyl (C=O) groups is 2. The Morgan fingerprint density at radius 3 is 2.45 bits per heavy atom. The summed E-state index contributed by atoms with van der Waals surface area (Å²) in [5, 5.41) is 36.9. The number of hydrogen-bond acceptors (Lipinski definition) is 12. The van der Waals surface area contributed by atoms with Crippen molar-refractivity contribution in [2.45, 2.75) is 103 Å². The first kappa shape index (κ1) is 46.6. The summed E-state index contributed by atoms with van der Waals surface area (Å²) in [5.74, 6) is -1.59. The minimum absolute atomic E-state index is 0.0118. The monoisotopic (exact) mass is 835 g/mol. The van der Waals surface area contributed by atoms with Gasteiger partial charge in [-0.1, -0.05) is 60.5 Å². The Balaban J connectivity index is 1.72. The lowest BCUT2D eigenvalue weighted by atomic mass is 9.55. The van der Waals surface area contributed by atoms with Crippen molar-refractivity contribution in [3.05, 3.63) is 84.0 Å². The molecule has 6 atom stereocenters. The van der Waals surface area contributed by atoms with Gasteiger partial charge in [-0.05, 0) is 94.5 Å². The number of carbonyl (C=O) groups excluding carboxylic acids is 2. The number of aliphatic hydroxyl groups is 3. The fourth-order valence-corrected chi connectivity index (χ4v) is 8.73. The number of allylic oxidation sites excluding steroid dienone is 1. The second kappa shape index (κ2) is 22.4. The Hall–Kier alpha value is -4.47. The third-order valence-electron chi connectivity index (χ3n) is 11.2. The molecule has 0 aromatic heterocycles. The van der Waals surface area contributed by atoms with E-state index in [4.69, 9.17) is 33.7 Å². The number of fused-ring (bicyclic) bond motifs is 2. The highest BCUT2D eigenvalue weighted by Gasteiger charge is 2.65. The predicted molar refractivity (Wildman–Crippen MR) is 227 cm³/mol. The molecule has 0 radical (unpaired) electrons. The van der Waals surface area contributed by atoms with Crippen molar-refractivity contribution in [1.29, 1.82) is 0 Å². The zero-order chi connectivity index (χ0) is 43.1. The molecule has 14 nitrogen and oxygen atoms in total. The van der Waals surface area contributed by atoms with Crippen LogP contribution in [0, 0.1) is 17.8 Å². The van der Waals surface area contributed by atoms with E-state index >= 15 is 0 Å². The molecule has 330 valence electrons. The average Bonchev–Trinajstić information content (AvgIpc) is 3.23. The standard InChI is InChI=1S/C46H65N3O11/c1-6-25-57-46-40(49(44(54)56-7-2)21-26-55-27-24-52)30-38(48-60-45(3,4)5)36-28-33(17-11-13-22-50)35(18-12-14-23-51)41(42(36)46)37-29-34(19-20-39(37)59-46)58-43(53)47-31-32-15-9-8-10-16-32/h6,8-10,15-16,19-20,28-29,33,35,40-42,50-52H,1,7,11-14,17-18,21-27,30-31H2,2-5H3,(H,47,53). The lowest BCUT2D eigenvalue weighted by Gasteiger charge is -2.59. The van der Waals surface area contributed by atoms with Gasteiger partial charge in [0, 0.05) is 44.2 Å². The van der Waals surface area contributed by atoms with Crippen LogP contribution in [0.5, 0.6) is 11.5 Å². The SMILES string of the molecule is C=CCOC12Oc3ccc(OC(=O)NCc4ccccc4)cc3C3C(CCCCO)C(CCCCO)C=C(C(=NOC(C)(C)C)CC1N(CCOCCO)C(=O)OCC)C32. The van der Waals surface area contributed by atoms with Crippen LogP contribution >= 0.6 is 0 Å². The Morgan fingerprint density at radius 2 is 1.77 bits per heavy atom. The van der Waals surface area contributed by atoms with Crippen LogP contribution in [0.3, 0.4) is 0 Å². The lowest BCUT2D eigenvalue weighted by molar-refractivity contribution is -0.256. The van der Waals surface area contributed by atoms with E-state index < -0.39 is 35.5 Å². The number of hydrogen-bond donors (Lipinski definition) is 4. The van der Waals surface area contributed by atoms with Gasteiger partial charge in [-0.3, -0.25) is 4.90 Å².